The Labute approximate surface area is 422 Å². The molecule has 7 aromatic rings. The van der Waals surface area contributed by atoms with Crippen molar-refractivity contribution in [2.75, 3.05) is 0 Å². The van der Waals surface area contributed by atoms with E-state index in [1.54, 1.807) is 0 Å². The molecule has 0 spiro atoms. The van der Waals surface area contributed by atoms with E-state index in [9.17, 15) is 0 Å². The largest absolute Gasteiger partial charge is 0.0870 e. The number of hydrogen-bond acceptors (Lipinski definition) is 0. The van der Waals surface area contributed by atoms with E-state index >= 15 is 0 Å². The molecule has 0 heteroatoms. The summed E-state index contributed by atoms with van der Waals surface area (Å²) in [6.45, 7) is 13.6. The number of benzene rings is 7. The lowest BCUT2D eigenvalue weighted by molar-refractivity contribution is 0.743. The summed E-state index contributed by atoms with van der Waals surface area (Å²) in [6.07, 6.45) is 36.2. The van der Waals surface area contributed by atoms with Crippen molar-refractivity contribution in [3.8, 4) is 11.1 Å². The van der Waals surface area contributed by atoms with Crippen molar-refractivity contribution in [1.29, 1.82) is 0 Å². The highest BCUT2D eigenvalue weighted by Gasteiger charge is 2.22. The highest BCUT2D eigenvalue weighted by Crippen LogP contribution is 2.45. The van der Waals surface area contributed by atoms with Gasteiger partial charge >= 0.3 is 0 Å². The molecule has 0 bridgehead atoms. The monoisotopic (exact) mass is 917 g/mol. The average Bonchev–Trinajstić information content (AvgIpc) is 3.58. The van der Waals surface area contributed by atoms with Gasteiger partial charge in [-0.3, -0.25) is 0 Å². The second-order valence-electron chi connectivity index (χ2n) is 19.9. The summed E-state index contributed by atoms with van der Waals surface area (Å²) in [6, 6.07) is 53.5. The van der Waals surface area contributed by atoms with Gasteiger partial charge in [0, 0.05) is 0 Å². The van der Waals surface area contributed by atoms with Crippen LogP contribution >= 0.6 is 0 Å². The molecule has 3 aliphatic carbocycles. The smallest absolute Gasteiger partial charge is 0.000437 e. The van der Waals surface area contributed by atoms with Crippen LogP contribution in [0.15, 0.2) is 264 Å². The van der Waals surface area contributed by atoms with Gasteiger partial charge in [-0.25, -0.2) is 0 Å². The standard InChI is InChI=1S/C71H64/c1-7-19-57(52-20-10-8-11-21-52)46-68(48(2)3)55-34-32-50(5)44-61(39-38-55)71-66-28-17-16-27-65(66)70(67-43-41-60(47-69(67)71)64-29-18-25-54-24-14-15-26-63(54)64)56-37-33-51(6)62(42-40-56)59-36-31-49(4)30-35-58(45-59)53-22-12-9-13-23-53/h7-30,33-35,37-47,50-51H,31-32,36H2,1-6H3/b19-7-,39-38-,49-30+,55-34-,57-46+,58-35+,59-45+,61-44?. The maximum Gasteiger partial charge on any atom is -0.000437 e. The highest BCUT2D eigenvalue weighted by molar-refractivity contribution is 6.18. The van der Waals surface area contributed by atoms with Crippen molar-refractivity contribution in [2.24, 2.45) is 11.8 Å². The molecule has 0 radical (unpaired) electrons. The number of fused-ring (bicyclic) bond motifs is 3. The molecule has 7 aromatic carbocycles. The minimum Gasteiger partial charge on any atom is -0.0870 e. The van der Waals surface area contributed by atoms with Crippen molar-refractivity contribution in [3.05, 3.63) is 286 Å². The van der Waals surface area contributed by atoms with Crippen LogP contribution < -0.4 is 0 Å². The lowest BCUT2D eigenvalue weighted by Crippen LogP contribution is -2.02. The molecular weight excluding hydrogens is 853 g/mol. The van der Waals surface area contributed by atoms with Gasteiger partial charge in [-0.05, 0) is 181 Å². The normalized spacial score (nSPS) is 21.2. The molecule has 0 nitrogen and oxygen atoms in total. The predicted octanol–water partition coefficient (Wildman–Crippen LogP) is 20.0. The van der Waals surface area contributed by atoms with E-state index in [0.717, 1.165) is 19.3 Å². The second kappa shape index (κ2) is 21.1. The fourth-order valence-corrected chi connectivity index (χ4v) is 10.8. The van der Waals surface area contributed by atoms with Gasteiger partial charge in [0.05, 0.1) is 0 Å². The Morgan fingerprint density at radius 3 is 2.01 bits per heavy atom. The van der Waals surface area contributed by atoms with Crippen molar-refractivity contribution in [3.63, 3.8) is 0 Å². The first-order chi connectivity index (χ1) is 34.7. The van der Waals surface area contributed by atoms with Crippen LogP contribution in [0.3, 0.4) is 0 Å². The van der Waals surface area contributed by atoms with Crippen LogP contribution in [-0.4, -0.2) is 0 Å². The Morgan fingerprint density at radius 1 is 0.577 bits per heavy atom. The van der Waals surface area contributed by atoms with E-state index in [1.807, 2.05) is 0 Å². The molecule has 0 saturated carbocycles. The van der Waals surface area contributed by atoms with E-state index in [-0.39, 0.29) is 5.92 Å². The Bertz CT molecular complexity index is 3570. The van der Waals surface area contributed by atoms with Crippen LogP contribution in [0.25, 0.3) is 65.7 Å². The molecule has 2 atom stereocenters. The van der Waals surface area contributed by atoms with Gasteiger partial charge in [0.2, 0.25) is 0 Å². The summed E-state index contributed by atoms with van der Waals surface area (Å²) in [5, 5.41) is 7.56. The zero-order valence-corrected chi connectivity index (χ0v) is 42.2. The molecule has 0 aromatic heterocycles. The topological polar surface area (TPSA) is 0 Å². The van der Waals surface area contributed by atoms with Gasteiger partial charge in [-0.2, -0.15) is 0 Å². The minimum atomic E-state index is 0.238. The number of rotatable bonds is 9. The molecule has 348 valence electrons. The maximum atomic E-state index is 2.52. The summed E-state index contributed by atoms with van der Waals surface area (Å²) in [5.74, 6) is 0.546. The minimum absolute atomic E-state index is 0.238. The maximum absolute atomic E-state index is 2.52. The van der Waals surface area contributed by atoms with E-state index < -0.39 is 0 Å². The van der Waals surface area contributed by atoms with Gasteiger partial charge in [-0.15, -0.1) is 0 Å². The van der Waals surface area contributed by atoms with Crippen LogP contribution in [0.4, 0.5) is 0 Å². The summed E-state index contributed by atoms with van der Waals surface area (Å²) >= 11 is 0. The van der Waals surface area contributed by atoms with Gasteiger partial charge < -0.3 is 0 Å². The fourth-order valence-electron chi connectivity index (χ4n) is 10.8. The molecule has 3 aliphatic rings. The summed E-state index contributed by atoms with van der Waals surface area (Å²) < 4.78 is 0. The van der Waals surface area contributed by atoms with Crippen LogP contribution in [0, 0.1) is 11.8 Å². The van der Waals surface area contributed by atoms with Gasteiger partial charge in [0.15, 0.2) is 0 Å². The molecule has 71 heavy (non-hydrogen) atoms. The molecule has 0 saturated heterocycles. The van der Waals surface area contributed by atoms with Crippen LogP contribution in [0.1, 0.15) is 83.1 Å². The SMILES string of the molecule is C/C=C\C(=C/C(=C(C)C)C1=C\CC(C)C=C(c2c3ccccc3c(C3=CC=C(/C4=C/C(c5ccccc5)=C\C=C(/C)CC4)C(C)C=C3)c3ccc(-c4cccc5ccccc45)cc23)/C=C\1)c1ccccc1. The lowest BCUT2D eigenvalue weighted by atomic mass is 9.82. The third kappa shape index (κ3) is 9.99. The van der Waals surface area contributed by atoms with E-state index in [4.69, 9.17) is 0 Å². The third-order valence-electron chi connectivity index (χ3n) is 14.6. The summed E-state index contributed by atoms with van der Waals surface area (Å²) in [4.78, 5) is 0. The van der Waals surface area contributed by atoms with Crippen molar-refractivity contribution >= 4 is 54.6 Å². The van der Waals surface area contributed by atoms with Gasteiger partial charge in [-0.1, -0.05) is 244 Å². The van der Waals surface area contributed by atoms with Crippen molar-refractivity contribution in [2.45, 2.75) is 60.8 Å². The first-order valence-corrected chi connectivity index (χ1v) is 25.6. The van der Waals surface area contributed by atoms with Crippen LogP contribution in [0.2, 0.25) is 0 Å². The summed E-state index contributed by atoms with van der Waals surface area (Å²) in [5.41, 5.74) is 20.4. The lowest BCUT2D eigenvalue weighted by Gasteiger charge is -2.21. The zero-order valence-electron chi connectivity index (χ0n) is 42.2. The predicted molar refractivity (Wildman–Crippen MR) is 311 cm³/mol. The Hall–Kier alpha value is -7.80. The number of allylic oxidation sites excluding steroid dienone is 24. The summed E-state index contributed by atoms with van der Waals surface area (Å²) in [7, 11) is 0. The molecule has 0 N–H and O–H groups in total. The quantitative estimate of drug-likeness (QED) is 0.1000. The third-order valence-corrected chi connectivity index (χ3v) is 14.6. The van der Waals surface area contributed by atoms with Crippen molar-refractivity contribution < 1.29 is 0 Å². The zero-order chi connectivity index (χ0) is 48.8. The molecule has 0 fully saturated rings. The molecular formula is C71H64. The average molecular weight is 917 g/mol. The molecule has 0 heterocycles. The van der Waals surface area contributed by atoms with E-state index in [0.29, 0.717) is 5.92 Å². The number of hydrogen-bond donors (Lipinski definition) is 0. The van der Waals surface area contributed by atoms with Crippen LogP contribution in [0.5, 0.6) is 0 Å². The van der Waals surface area contributed by atoms with Gasteiger partial charge in [0.25, 0.3) is 0 Å². The molecule has 2 unspecified atom stereocenters. The van der Waals surface area contributed by atoms with E-state index in [1.165, 1.54) is 121 Å². The Kier molecular flexibility index (Phi) is 13.9. The Morgan fingerprint density at radius 2 is 1.25 bits per heavy atom. The molecule has 10 rings (SSSR count). The molecule has 0 amide bonds. The first-order valence-electron chi connectivity index (χ1n) is 25.6. The van der Waals surface area contributed by atoms with Crippen molar-refractivity contribution in [1.82, 2.24) is 0 Å². The first kappa shape index (κ1) is 46.9. The van der Waals surface area contributed by atoms with Crippen LogP contribution in [-0.2, 0) is 0 Å². The Balaban J connectivity index is 1.17. The highest BCUT2D eigenvalue weighted by atomic mass is 14.3. The van der Waals surface area contributed by atoms with Gasteiger partial charge in [0.1, 0.15) is 0 Å². The van der Waals surface area contributed by atoms with E-state index in [2.05, 4.69) is 272 Å². The second-order valence-corrected chi connectivity index (χ2v) is 19.9. The molecule has 0 aliphatic heterocycles. The fraction of sp³-hybridized carbons (Fsp3) is 0.155.